The van der Waals surface area contributed by atoms with E-state index in [1.807, 2.05) is 4.68 Å². The molecule has 3 nitrogen and oxygen atoms in total. The van der Waals surface area contributed by atoms with Gasteiger partial charge in [0, 0.05) is 13.6 Å². The molecular weight excluding hydrogens is 302 g/mol. The monoisotopic (exact) mass is 327 g/mol. The summed E-state index contributed by atoms with van der Waals surface area (Å²) in [6, 6.07) is 0. The first kappa shape index (κ1) is 15.0. The molecule has 0 radical (unpaired) electrons. The quantitative estimate of drug-likeness (QED) is 0.839. The van der Waals surface area contributed by atoms with E-state index in [2.05, 4.69) is 53.7 Å². The van der Waals surface area contributed by atoms with Gasteiger partial charge in [-0.05, 0) is 53.7 Å². The first-order valence-electron chi connectivity index (χ1n) is 7.41. The lowest BCUT2D eigenvalue weighted by Crippen LogP contribution is -2.38. The number of nitrogens with zero attached hydrogens (tertiary/aromatic N) is 3. The molecule has 0 amide bonds. The number of hydrogen-bond donors (Lipinski definition) is 0. The molecule has 1 fully saturated rings. The maximum atomic E-state index is 4.58. The number of aryl methyl sites for hydroxylation is 2. The molecule has 19 heavy (non-hydrogen) atoms. The fourth-order valence-corrected chi connectivity index (χ4v) is 3.55. The first-order chi connectivity index (χ1) is 8.99. The third-order valence-electron chi connectivity index (χ3n) is 4.79. The summed E-state index contributed by atoms with van der Waals surface area (Å²) in [6.07, 6.45) is 4.93. The molecule has 0 aliphatic carbocycles. The predicted octanol–water partition coefficient (Wildman–Crippen LogP) is 3.76. The van der Waals surface area contributed by atoms with E-state index in [9.17, 15) is 0 Å². The van der Waals surface area contributed by atoms with E-state index in [0.717, 1.165) is 13.0 Å². The van der Waals surface area contributed by atoms with Gasteiger partial charge < -0.3 is 0 Å². The average molecular weight is 328 g/mol. The van der Waals surface area contributed by atoms with Gasteiger partial charge in [0.25, 0.3) is 0 Å². The van der Waals surface area contributed by atoms with Crippen LogP contribution in [0.15, 0.2) is 4.47 Å². The Morgan fingerprint density at radius 3 is 2.37 bits per heavy atom. The van der Waals surface area contributed by atoms with Crippen LogP contribution in [-0.2, 0) is 20.0 Å². The Kier molecular flexibility index (Phi) is 4.72. The number of halogens is 1. The molecule has 2 rings (SSSR count). The normalized spacial score (nSPS) is 19.8. The Morgan fingerprint density at radius 1 is 1.26 bits per heavy atom. The van der Waals surface area contributed by atoms with Crippen LogP contribution in [0.25, 0.3) is 0 Å². The molecule has 4 heteroatoms. The minimum Gasteiger partial charge on any atom is -0.297 e. The average Bonchev–Trinajstić information content (AvgIpc) is 2.69. The molecule has 1 aromatic rings. The smallest absolute Gasteiger partial charge is 0.0767 e. The van der Waals surface area contributed by atoms with Crippen molar-refractivity contribution in [2.24, 2.45) is 12.5 Å². The van der Waals surface area contributed by atoms with E-state index in [4.69, 9.17) is 0 Å². The zero-order chi connectivity index (χ0) is 14.0. The van der Waals surface area contributed by atoms with Gasteiger partial charge in [-0.3, -0.25) is 9.58 Å². The van der Waals surface area contributed by atoms with Crippen LogP contribution in [0.4, 0.5) is 0 Å². The van der Waals surface area contributed by atoms with Crippen molar-refractivity contribution in [1.29, 1.82) is 0 Å². The summed E-state index contributed by atoms with van der Waals surface area (Å²) in [5.41, 5.74) is 3.05. The Hall–Kier alpha value is -0.350. The first-order valence-corrected chi connectivity index (χ1v) is 8.21. The largest absolute Gasteiger partial charge is 0.297 e. The van der Waals surface area contributed by atoms with E-state index in [1.165, 1.54) is 48.2 Å². The summed E-state index contributed by atoms with van der Waals surface area (Å²) in [5.74, 6) is 0. The third kappa shape index (κ3) is 3.22. The van der Waals surface area contributed by atoms with Crippen LogP contribution in [0.1, 0.15) is 51.4 Å². The summed E-state index contributed by atoms with van der Waals surface area (Å²) in [4.78, 5) is 2.57. The number of hydrogen-bond acceptors (Lipinski definition) is 2. The van der Waals surface area contributed by atoms with E-state index >= 15 is 0 Å². The molecule has 0 aromatic carbocycles. The van der Waals surface area contributed by atoms with Gasteiger partial charge in [0.1, 0.15) is 0 Å². The van der Waals surface area contributed by atoms with Crippen molar-refractivity contribution in [1.82, 2.24) is 14.7 Å². The number of likely N-dealkylation sites (tertiary alicyclic amines) is 1. The Bertz CT molecular complexity index is 431. The third-order valence-corrected chi connectivity index (χ3v) is 5.71. The highest BCUT2D eigenvalue weighted by atomic mass is 79.9. The van der Waals surface area contributed by atoms with Crippen LogP contribution in [-0.4, -0.2) is 27.8 Å². The fraction of sp³-hybridized carbons (Fsp3) is 0.800. The molecule has 1 aliphatic heterocycles. The molecule has 108 valence electrons. The van der Waals surface area contributed by atoms with Crippen LogP contribution < -0.4 is 0 Å². The van der Waals surface area contributed by atoms with Crippen LogP contribution >= 0.6 is 15.9 Å². The van der Waals surface area contributed by atoms with Gasteiger partial charge in [0.15, 0.2) is 0 Å². The topological polar surface area (TPSA) is 21.1 Å². The van der Waals surface area contributed by atoms with Gasteiger partial charge in [-0.1, -0.05) is 27.2 Å². The van der Waals surface area contributed by atoms with Crippen molar-refractivity contribution in [3.8, 4) is 0 Å². The summed E-state index contributed by atoms with van der Waals surface area (Å²) in [6.45, 7) is 10.3. The number of aromatic nitrogens is 2. The van der Waals surface area contributed by atoms with Crippen LogP contribution in [0.3, 0.4) is 0 Å². The molecule has 1 saturated heterocycles. The second kappa shape index (κ2) is 5.96. The lowest BCUT2D eigenvalue weighted by atomic mass is 9.78. The zero-order valence-electron chi connectivity index (χ0n) is 12.7. The Labute approximate surface area is 125 Å². The summed E-state index contributed by atoms with van der Waals surface area (Å²) in [5, 5.41) is 4.58. The Balaban J connectivity index is 2.02. The maximum Gasteiger partial charge on any atom is 0.0767 e. The van der Waals surface area contributed by atoms with Crippen molar-refractivity contribution in [3.63, 3.8) is 0 Å². The Morgan fingerprint density at radius 2 is 1.89 bits per heavy atom. The summed E-state index contributed by atoms with van der Waals surface area (Å²) < 4.78 is 3.25. The molecule has 0 unspecified atom stereocenters. The molecule has 2 heterocycles. The standard InChI is InChI=1S/C15H26BrN3/c1-5-12-14(16)13(18(4)17-12)11-19-9-7-15(3,6-2)8-10-19/h5-11H2,1-4H3. The van der Waals surface area contributed by atoms with E-state index in [0.29, 0.717) is 5.41 Å². The second-order valence-corrected chi connectivity index (χ2v) is 6.92. The summed E-state index contributed by atoms with van der Waals surface area (Å²) >= 11 is 3.72. The number of piperidine rings is 1. The molecule has 0 atom stereocenters. The molecule has 1 aromatic heterocycles. The predicted molar refractivity (Wildman–Crippen MR) is 83.2 cm³/mol. The van der Waals surface area contributed by atoms with Crippen LogP contribution in [0, 0.1) is 5.41 Å². The van der Waals surface area contributed by atoms with E-state index < -0.39 is 0 Å². The van der Waals surface area contributed by atoms with Crippen molar-refractivity contribution in [2.45, 2.75) is 53.0 Å². The highest BCUT2D eigenvalue weighted by Crippen LogP contribution is 2.34. The van der Waals surface area contributed by atoms with E-state index in [-0.39, 0.29) is 0 Å². The van der Waals surface area contributed by atoms with Gasteiger partial charge in [0.05, 0.1) is 15.9 Å². The summed E-state index contributed by atoms with van der Waals surface area (Å²) in [7, 11) is 2.05. The van der Waals surface area contributed by atoms with Gasteiger partial charge in [-0.2, -0.15) is 5.10 Å². The highest BCUT2D eigenvalue weighted by Gasteiger charge is 2.29. The van der Waals surface area contributed by atoms with Crippen molar-refractivity contribution < 1.29 is 0 Å². The molecule has 0 N–H and O–H groups in total. The second-order valence-electron chi connectivity index (χ2n) is 6.12. The van der Waals surface area contributed by atoms with Gasteiger partial charge in [-0.15, -0.1) is 0 Å². The highest BCUT2D eigenvalue weighted by molar-refractivity contribution is 9.10. The lowest BCUT2D eigenvalue weighted by molar-refractivity contribution is 0.107. The SMILES string of the molecule is CCc1nn(C)c(CN2CCC(C)(CC)CC2)c1Br. The van der Waals surface area contributed by atoms with Gasteiger partial charge >= 0.3 is 0 Å². The van der Waals surface area contributed by atoms with Crippen LogP contribution in [0.5, 0.6) is 0 Å². The number of rotatable bonds is 4. The van der Waals surface area contributed by atoms with Crippen molar-refractivity contribution in [3.05, 3.63) is 15.9 Å². The molecule has 0 bridgehead atoms. The maximum absolute atomic E-state index is 4.58. The van der Waals surface area contributed by atoms with Gasteiger partial charge in [0.2, 0.25) is 0 Å². The lowest BCUT2D eigenvalue weighted by Gasteiger charge is -2.38. The molecular formula is C15H26BrN3. The minimum atomic E-state index is 0.564. The van der Waals surface area contributed by atoms with E-state index in [1.54, 1.807) is 0 Å². The molecule has 0 spiro atoms. The van der Waals surface area contributed by atoms with Gasteiger partial charge in [-0.25, -0.2) is 0 Å². The van der Waals surface area contributed by atoms with Crippen LogP contribution in [0.2, 0.25) is 0 Å². The zero-order valence-corrected chi connectivity index (χ0v) is 14.3. The van der Waals surface area contributed by atoms with Crippen molar-refractivity contribution in [2.75, 3.05) is 13.1 Å². The molecule has 0 saturated carbocycles. The fourth-order valence-electron chi connectivity index (χ4n) is 2.81. The minimum absolute atomic E-state index is 0.564. The van der Waals surface area contributed by atoms with Crippen molar-refractivity contribution >= 4 is 15.9 Å². The molecule has 1 aliphatic rings.